The molecule has 1 amide bonds. The highest BCUT2D eigenvalue weighted by Crippen LogP contribution is 2.53. The Morgan fingerprint density at radius 1 is 1.29 bits per heavy atom. The van der Waals surface area contributed by atoms with Crippen molar-refractivity contribution in [2.75, 3.05) is 19.8 Å². The highest BCUT2D eigenvalue weighted by molar-refractivity contribution is 5.85. The lowest BCUT2D eigenvalue weighted by atomic mass is 9.55. The normalized spacial score (nSPS) is 30.9. The standard InChI is InChI=1S/C18H32N2O3.ClH/c1-2-23-15-12-14(18(15)8-4-3-5-9-18)20-17(21)16(19)13-6-10-22-11-7-13;/h13-16H,2-12,19H2,1H3,(H,20,21);1H. The van der Waals surface area contributed by atoms with Crippen molar-refractivity contribution in [1.29, 1.82) is 0 Å². The number of hydrogen-bond acceptors (Lipinski definition) is 4. The largest absolute Gasteiger partial charge is 0.381 e. The first kappa shape index (κ1) is 20.0. The summed E-state index contributed by atoms with van der Waals surface area (Å²) in [5.41, 5.74) is 6.40. The summed E-state index contributed by atoms with van der Waals surface area (Å²) in [6.07, 6.45) is 9.21. The Bertz CT molecular complexity index is 409. The van der Waals surface area contributed by atoms with E-state index in [-0.39, 0.29) is 35.7 Å². The molecule has 2 aliphatic carbocycles. The summed E-state index contributed by atoms with van der Waals surface area (Å²) in [6, 6.07) is -0.150. The summed E-state index contributed by atoms with van der Waals surface area (Å²) in [6.45, 7) is 4.27. The highest BCUT2D eigenvalue weighted by Gasteiger charge is 2.56. The quantitative estimate of drug-likeness (QED) is 0.789. The molecule has 6 heteroatoms. The van der Waals surface area contributed by atoms with Crippen LogP contribution in [0.1, 0.15) is 58.3 Å². The molecule has 1 heterocycles. The molecule has 3 unspecified atom stereocenters. The molecular weight excluding hydrogens is 328 g/mol. The van der Waals surface area contributed by atoms with Gasteiger partial charge in [0.1, 0.15) is 0 Å². The van der Waals surface area contributed by atoms with Gasteiger partial charge >= 0.3 is 0 Å². The van der Waals surface area contributed by atoms with E-state index < -0.39 is 6.04 Å². The maximum Gasteiger partial charge on any atom is 0.237 e. The fourth-order valence-electron chi connectivity index (χ4n) is 4.82. The lowest BCUT2D eigenvalue weighted by Gasteiger charge is -2.57. The molecule has 0 bridgehead atoms. The van der Waals surface area contributed by atoms with Crippen molar-refractivity contribution in [3.05, 3.63) is 0 Å². The van der Waals surface area contributed by atoms with Crippen LogP contribution in [0.4, 0.5) is 0 Å². The van der Waals surface area contributed by atoms with Gasteiger partial charge in [-0.25, -0.2) is 0 Å². The van der Waals surface area contributed by atoms with E-state index in [4.69, 9.17) is 15.2 Å². The molecule has 3 aliphatic rings. The zero-order chi connectivity index (χ0) is 16.3. The Hall–Kier alpha value is -0.360. The van der Waals surface area contributed by atoms with Crippen molar-refractivity contribution < 1.29 is 14.3 Å². The van der Waals surface area contributed by atoms with E-state index >= 15 is 0 Å². The van der Waals surface area contributed by atoms with E-state index in [1.807, 2.05) is 0 Å². The van der Waals surface area contributed by atoms with Crippen LogP contribution in [0.15, 0.2) is 0 Å². The maximum atomic E-state index is 12.6. The number of nitrogens with two attached hydrogens (primary N) is 1. The minimum absolute atomic E-state index is 0. The molecule has 1 aliphatic heterocycles. The second kappa shape index (κ2) is 8.84. The minimum atomic E-state index is -0.398. The summed E-state index contributed by atoms with van der Waals surface area (Å²) in [4.78, 5) is 12.6. The first-order valence-electron chi connectivity index (χ1n) is 9.42. The Labute approximate surface area is 151 Å². The Morgan fingerprint density at radius 3 is 2.58 bits per heavy atom. The highest BCUT2D eigenvalue weighted by atomic mass is 35.5. The van der Waals surface area contributed by atoms with Crippen molar-refractivity contribution in [3.63, 3.8) is 0 Å². The van der Waals surface area contributed by atoms with Gasteiger partial charge < -0.3 is 20.5 Å². The number of hydrogen-bond donors (Lipinski definition) is 2. The molecule has 1 saturated heterocycles. The predicted octanol–water partition coefficient (Wildman–Crippen LogP) is 2.41. The van der Waals surface area contributed by atoms with Crippen molar-refractivity contribution in [2.24, 2.45) is 17.1 Å². The van der Waals surface area contributed by atoms with Gasteiger partial charge in [0, 0.05) is 31.3 Å². The summed E-state index contributed by atoms with van der Waals surface area (Å²) >= 11 is 0. The number of rotatable bonds is 5. The van der Waals surface area contributed by atoms with Crippen molar-refractivity contribution in [1.82, 2.24) is 5.32 Å². The Balaban J connectivity index is 0.00000208. The molecule has 3 rings (SSSR count). The number of carbonyl (C=O) groups excluding carboxylic acids is 1. The van der Waals surface area contributed by atoms with Crippen LogP contribution in [0.2, 0.25) is 0 Å². The smallest absolute Gasteiger partial charge is 0.237 e. The molecule has 3 fully saturated rings. The summed E-state index contributed by atoms with van der Waals surface area (Å²) < 4.78 is 11.3. The zero-order valence-electron chi connectivity index (χ0n) is 14.8. The number of nitrogens with one attached hydrogen (secondary N) is 1. The molecule has 2 saturated carbocycles. The van der Waals surface area contributed by atoms with Crippen LogP contribution < -0.4 is 11.1 Å². The topological polar surface area (TPSA) is 73.6 Å². The fourth-order valence-corrected chi connectivity index (χ4v) is 4.82. The molecule has 0 aromatic rings. The minimum Gasteiger partial charge on any atom is -0.381 e. The Kier molecular flexibility index (Phi) is 7.35. The third-order valence-electron chi connectivity index (χ3n) is 6.33. The van der Waals surface area contributed by atoms with Gasteiger partial charge in [-0.15, -0.1) is 12.4 Å². The van der Waals surface area contributed by atoms with E-state index in [1.165, 1.54) is 32.1 Å². The molecule has 3 N–H and O–H groups in total. The number of ether oxygens (including phenoxy) is 2. The molecular formula is C18H33ClN2O3. The molecule has 1 spiro atoms. The first-order valence-corrected chi connectivity index (χ1v) is 9.42. The van der Waals surface area contributed by atoms with Gasteiger partial charge in [0.05, 0.1) is 12.1 Å². The van der Waals surface area contributed by atoms with Gasteiger partial charge in [-0.1, -0.05) is 19.3 Å². The van der Waals surface area contributed by atoms with Crippen LogP contribution in [0.5, 0.6) is 0 Å². The van der Waals surface area contributed by atoms with Crippen LogP contribution in [-0.4, -0.2) is 43.9 Å². The van der Waals surface area contributed by atoms with Crippen molar-refractivity contribution in [3.8, 4) is 0 Å². The lowest BCUT2D eigenvalue weighted by Crippen LogP contribution is -2.67. The fraction of sp³-hybridized carbons (Fsp3) is 0.944. The number of halogens is 1. The SMILES string of the molecule is CCOC1CC(NC(=O)C(N)C2CCOCC2)C12CCCCC2.Cl. The van der Waals surface area contributed by atoms with Gasteiger partial charge in [-0.3, -0.25) is 4.79 Å². The molecule has 3 atom stereocenters. The third kappa shape index (κ3) is 3.90. The number of amides is 1. The van der Waals surface area contributed by atoms with E-state index in [9.17, 15) is 4.79 Å². The van der Waals surface area contributed by atoms with Crippen molar-refractivity contribution in [2.45, 2.75) is 76.5 Å². The first-order chi connectivity index (χ1) is 11.2. The monoisotopic (exact) mass is 360 g/mol. The number of carbonyl (C=O) groups is 1. The van der Waals surface area contributed by atoms with Crippen LogP contribution in [0.3, 0.4) is 0 Å². The molecule has 0 aromatic carbocycles. The molecule has 140 valence electrons. The second-order valence-electron chi connectivity index (χ2n) is 7.51. The van der Waals surface area contributed by atoms with Gasteiger partial charge in [0.2, 0.25) is 5.91 Å². The predicted molar refractivity (Wildman–Crippen MR) is 96.2 cm³/mol. The summed E-state index contributed by atoms with van der Waals surface area (Å²) in [5, 5.41) is 3.28. The van der Waals surface area contributed by atoms with E-state index in [0.29, 0.717) is 6.10 Å². The summed E-state index contributed by atoms with van der Waals surface area (Å²) in [7, 11) is 0. The second-order valence-corrected chi connectivity index (χ2v) is 7.51. The summed E-state index contributed by atoms with van der Waals surface area (Å²) in [5.74, 6) is 0.288. The van der Waals surface area contributed by atoms with E-state index in [2.05, 4.69) is 12.2 Å². The van der Waals surface area contributed by atoms with E-state index in [1.54, 1.807) is 0 Å². The van der Waals surface area contributed by atoms with Crippen LogP contribution in [0.25, 0.3) is 0 Å². The van der Waals surface area contributed by atoms with Crippen LogP contribution in [0, 0.1) is 11.3 Å². The molecule has 5 nitrogen and oxygen atoms in total. The zero-order valence-corrected chi connectivity index (χ0v) is 15.6. The lowest BCUT2D eigenvalue weighted by molar-refractivity contribution is -0.158. The van der Waals surface area contributed by atoms with Crippen LogP contribution in [-0.2, 0) is 14.3 Å². The average molecular weight is 361 g/mol. The maximum absolute atomic E-state index is 12.6. The molecule has 24 heavy (non-hydrogen) atoms. The third-order valence-corrected chi connectivity index (χ3v) is 6.33. The van der Waals surface area contributed by atoms with Crippen LogP contribution >= 0.6 is 12.4 Å². The van der Waals surface area contributed by atoms with Crippen molar-refractivity contribution >= 4 is 18.3 Å². The molecule has 0 aromatic heterocycles. The van der Waals surface area contributed by atoms with E-state index in [0.717, 1.165) is 39.1 Å². The average Bonchev–Trinajstić information content (AvgIpc) is 2.61. The van der Waals surface area contributed by atoms with Gasteiger partial charge in [-0.05, 0) is 44.9 Å². The van der Waals surface area contributed by atoms with Gasteiger partial charge in [0.15, 0.2) is 0 Å². The molecule has 0 radical (unpaired) electrons. The Morgan fingerprint density at radius 2 is 1.96 bits per heavy atom. The van der Waals surface area contributed by atoms with Gasteiger partial charge in [-0.2, -0.15) is 0 Å². The van der Waals surface area contributed by atoms with Gasteiger partial charge in [0.25, 0.3) is 0 Å².